The summed E-state index contributed by atoms with van der Waals surface area (Å²) >= 11 is 3.34. The Kier molecular flexibility index (Phi) is 4.70. The van der Waals surface area contributed by atoms with E-state index in [0.717, 1.165) is 55.6 Å². The van der Waals surface area contributed by atoms with Crippen molar-refractivity contribution in [2.75, 3.05) is 25.1 Å². The van der Waals surface area contributed by atoms with Crippen molar-refractivity contribution in [2.45, 2.75) is 31.5 Å². The third-order valence-electron chi connectivity index (χ3n) is 4.51. The van der Waals surface area contributed by atoms with Crippen molar-refractivity contribution in [2.24, 2.45) is 11.7 Å². The van der Waals surface area contributed by atoms with Crippen molar-refractivity contribution in [3.63, 3.8) is 0 Å². The number of nitrogens with two attached hydrogens (primary N) is 1. The molecule has 1 aromatic carbocycles. The van der Waals surface area contributed by atoms with Crippen LogP contribution in [-0.4, -0.2) is 31.5 Å². The number of carbonyl (C=O) groups is 1. The van der Waals surface area contributed by atoms with E-state index in [0.29, 0.717) is 11.5 Å². The topological polar surface area (TPSA) is 73.6 Å². The molecular weight excluding hydrogens is 348 g/mol. The van der Waals surface area contributed by atoms with Gasteiger partial charge in [-0.2, -0.15) is 0 Å². The van der Waals surface area contributed by atoms with Gasteiger partial charge < -0.3 is 20.5 Å². The summed E-state index contributed by atoms with van der Waals surface area (Å²) in [7, 11) is 0. The zero-order chi connectivity index (χ0) is 15.6. The van der Waals surface area contributed by atoms with E-state index in [4.69, 9.17) is 15.2 Å². The zero-order valence-corrected chi connectivity index (χ0v) is 14.0. The number of halogens is 1. The summed E-state index contributed by atoms with van der Waals surface area (Å²) in [5.41, 5.74) is 6.79. The van der Waals surface area contributed by atoms with Crippen LogP contribution in [0.1, 0.15) is 36.0 Å². The zero-order valence-electron chi connectivity index (χ0n) is 12.4. The highest BCUT2D eigenvalue weighted by Crippen LogP contribution is 2.38. The molecule has 0 atom stereocenters. The van der Waals surface area contributed by atoms with Gasteiger partial charge in [-0.05, 0) is 52.9 Å². The van der Waals surface area contributed by atoms with Gasteiger partial charge in [0.2, 0.25) is 5.91 Å². The third-order valence-corrected chi connectivity index (χ3v) is 5.20. The molecule has 1 saturated carbocycles. The van der Waals surface area contributed by atoms with E-state index in [9.17, 15) is 4.79 Å². The lowest BCUT2D eigenvalue weighted by Crippen LogP contribution is -2.36. The van der Waals surface area contributed by atoms with Crippen molar-refractivity contribution in [1.29, 1.82) is 0 Å². The van der Waals surface area contributed by atoms with Crippen LogP contribution in [0.3, 0.4) is 0 Å². The number of nitrogens with one attached hydrogen (secondary N) is 1. The van der Waals surface area contributed by atoms with Gasteiger partial charge in [0.25, 0.3) is 0 Å². The minimum Gasteiger partial charge on any atom is -0.385 e. The van der Waals surface area contributed by atoms with Crippen LogP contribution in [-0.2, 0) is 9.47 Å². The Morgan fingerprint density at radius 3 is 2.64 bits per heavy atom. The molecule has 3 rings (SSSR count). The highest BCUT2D eigenvalue weighted by atomic mass is 79.9. The number of benzene rings is 1. The Hall–Kier alpha value is -1.11. The average Bonchev–Trinajstić information content (AvgIpc) is 2.96. The van der Waals surface area contributed by atoms with Crippen molar-refractivity contribution >= 4 is 27.5 Å². The second kappa shape index (κ2) is 6.56. The Balaban J connectivity index is 1.53. The first-order chi connectivity index (χ1) is 10.6. The molecule has 1 aliphatic carbocycles. The molecule has 0 radical (unpaired) electrons. The minimum absolute atomic E-state index is 0.298. The molecule has 1 aromatic rings. The van der Waals surface area contributed by atoms with Crippen molar-refractivity contribution in [1.82, 2.24) is 0 Å². The lowest BCUT2D eigenvalue weighted by Gasteiger charge is -2.35. The Labute approximate surface area is 138 Å². The second-order valence-corrected chi connectivity index (χ2v) is 6.85. The summed E-state index contributed by atoms with van der Waals surface area (Å²) in [6.45, 7) is 2.32. The maximum absolute atomic E-state index is 11.4. The number of anilines is 1. The predicted octanol–water partition coefficient (Wildman–Crippen LogP) is 2.89. The van der Waals surface area contributed by atoms with E-state index in [2.05, 4.69) is 21.2 Å². The van der Waals surface area contributed by atoms with Crippen LogP contribution in [0.25, 0.3) is 0 Å². The van der Waals surface area contributed by atoms with Crippen molar-refractivity contribution < 1.29 is 14.3 Å². The van der Waals surface area contributed by atoms with Crippen molar-refractivity contribution in [3.8, 4) is 0 Å². The predicted molar refractivity (Wildman–Crippen MR) is 87.7 cm³/mol. The summed E-state index contributed by atoms with van der Waals surface area (Å²) in [5.74, 6) is -0.127. The van der Waals surface area contributed by atoms with E-state index < -0.39 is 5.91 Å². The first-order valence-corrected chi connectivity index (χ1v) is 8.48. The molecule has 6 heteroatoms. The summed E-state index contributed by atoms with van der Waals surface area (Å²) in [5, 5.41) is 3.41. The van der Waals surface area contributed by atoms with Crippen LogP contribution in [0.2, 0.25) is 0 Å². The molecule has 1 spiro atoms. The molecule has 120 valence electrons. The number of amides is 1. The van der Waals surface area contributed by atoms with Gasteiger partial charge in [0.1, 0.15) is 0 Å². The molecule has 0 bridgehead atoms. The van der Waals surface area contributed by atoms with Crippen LogP contribution >= 0.6 is 15.9 Å². The smallest absolute Gasteiger partial charge is 0.249 e. The van der Waals surface area contributed by atoms with Crippen LogP contribution in [0.5, 0.6) is 0 Å². The van der Waals surface area contributed by atoms with Gasteiger partial charge in [0.15, 0.2) is 5.79 Å². The first-order valence-electron chi connectivity index (χ1n) is 7.69. The SMILES string of the molecule is NC(=O)c1cc(NCC2CCC3(CC2)OCCO3)ccc1Br. The maximum Gasteiger partial charge on any atom is 0.249 e. The Bertz CT molecular complexity index is 548. The molecule has 0 unspecified atom stereocenters. The van der Waals surface area contributed by atoms with Crippen LogP contribution < -0.4 is 11.1 Å². The van der Waals surface area contributed by atoms with Gasteiger partial charge in [-0.25, -0.2) is 0 Å². The highest BCUT2D eigenvalue weighted by molar-refractivity contribution is 9.10. The van der Waals surface area contributed by atoms with Crippen LogP contribution in [0.4, 0.5) is 5.69 Å². The fraction of sp³-hybridized carbons (Fsp3) is 0.562. The molecule has 5 nitrogen and oxygen atoms in total. The second-order valence-electron chi connectivity index (χ2n) is 5.99. The molecule has 1 aliphatic heterocycles. The van der Waals surface area contributed by atoms with Gasteiger partial charge in [-0.15, -0.1) is 0 Å². The van der Waals surface area contributed by atoms with Crippen LogP contribution in [0.15, 0.2) is 22.7 Å². The maximum atomic E-state index is 11.4. The molecular formula is C16H21BrN2O3. The lowest BCUT2D eigenvalue weighted by atomic mass is 9.85. The van der Waals surface area contributed by atoms with Gasteiger partial charge in [-0.1, -0.05) is 0 Å². The van der Waals surface area contributed by atoms with E-state index in [1.165, 1.54) is 0 Å². The molecule has 0 aromatic heterocycles. The first kappa shape index (κ1) is 15.8. The minimum atomic E-state index is -0.425. The summed E-state index contributed by atoms with van der Waals surface area (Å²) in [4.78, 5) is 11.4. The van der Waals surface area contributed by atoms with Gasteiger partial charge in [0.05, 0.1) is 18.8 Å². The largest absolute Gasteiger partial charge is 0.385 e. The number of hydrogen-bond donors (Lipinski definition) is 2. The normalized spacial score (nSPS) is 21.1. The molecule has 3 N–H and O–H groups in total. The fourth-order valence-electron chi connectivity index (χ4n) is 3.19. The van der Waals surface area contributed by atoms with E-state index in [1.807, 2.05) is 12.1 Å². The van der Waals surface area contributed by atoms with E-state index in [-0.39, 0.29) is 5.79 Å². The van der Waals surface area contributed by atoms with Gasteiger partial charge in [0, 0.05) is 29.5 Å². The number of carbonyl (C=O) groups excluding carboxylic acids is 1. The molecule has 2 aliphatic rings. The summed E-state index contributed by atoms with van der Waals surface area (Å²) in [6, 6.07) is 5.59. The summed E-state index contributed by atoms with van der Waals surface area (Å²) < 4.78 is 12.2. The monoisotopic (exact) mass is 368 g/mol. The number of hydrogen-bond acceptors (Lipinski definition) is 4. The third kappa shape index (κ3) is 3.45. The van der Waals surface area contributed by atoms with E-state index in [1.54, 1.807) is 6.07 Å². The molecule has 2 fully saturated rings. The summed E-state index contributed by atoms with van der Waals surface area (Å²) in [6.07, 6.45) is 4.11. The Morgan fingerprint density at radius 1 is 1.32 bits per heavy atom. The van der Waals surface area contributed by atoms with Gasteiger partial charge >= 0.3 is 0 Å². The van der Waals surface area contributed by atoms with Gasteiger partial charge in [-0.3, -0.25) is 4.79 Å². The fourth-order valence-corrected chi connectivity index (χ4v) is 3.64. The number of primary amides is 1. The lowest BCUT2D eigenvalue weighted by molar-refractivity contribution is -0.181. The van der Waals surface area contributed by atoms with E-state index >= 15 is 0 Å². The molecule has 22 heavy (non-hydrogen) atoms. The molecule has 1 saturated heterocycles. The Morgan fingerprint density at radius 2 is 2.00 bits per heavy atom. The average molecular weight is 369 g/mol. The number of rotatable bonds is 4. The quantitative estimate of drug-likeness (QED) is 0.856. The van der Waals surface area contributed by atoms with Crippen LogP contribution in [0, 0.1) is 5.92 Å². The standard InChI is InChI=1S/C16H21BrN2O3/c17-14-2-1-12(9-13(14)15(18)20)19-10-11-3-5-16(6-4-11)21-7-8-22-16/h1-2,9,11,19H,3-8,10H2,(H2,18,20). The molecule has 1 heterocycles. The molecule has 1 amide bonds. The number of ether oxygens (including phenoxy) is 2. The van der Waals surface area contributed by atoms with Crippen molar-refractivity contribution in [3.05, 3.63) is 28.2 Å². The highest BCUT2D eigenvalue weighted by Gasteiger charge is 2.40.